The van der Waals surface area contributed by atoms with Gasteiger partial charge < -0.3 is 11.1 Å². The van der Waals surface area contributed by atoms with Gasteiger partial charge in [0, 0.05) is 17.6 Å². The lowest BCUT2D eigenvalue weighted by atomic mass is 9.81. The topological polar surface area (TPSA) is 55.1 Å². The third kappa shape index (κ3) is 3.56. The molecule has 0 radical (unpaired) electrons. The van der Waals surface area contributed by atoms with Crippen molar-refractivity contribution in [2.75, 3.05) is 6.54 Å². The fraction of sp³-hybridized carbons (Fsp3) is 0.500. The Morgan fingerprint density at radius 2 is 1.83 bits per heavy atom. The molecule has 0 atom stereocenters. The zero-order valence-electron chi connectivity index (χ0n) is 11.0. The average molecular weight is 313 g/mol. The maximum Gasteiger partial charge on any atom is 0.227 e. The first kappa shape index (κ1) is 15.2. The van der Waals surface area contributed by atoms with Gasteiger partial charge in [0.15, 0.2) is 0 Å². The first-order valence-corrected chi connectivity index (χ1v) is 7.10. The number of halogens is 1. The van der Waals surface area contributed by atoms with Gasteiger partial charge in [0.1, 0.15) is 0 Å². The standard InChI is InChI=1S/C14H21BrN2O/c1-3-14(4-2,10-16)13(18)17-9-11-5-7-12(15)8-6-11/h5-8H,3-4,9-10,16H2,1-2H3,(H,17,18). The van der Waals surface area contributed by atoms with Gasteiger partial charge in [-0.1, -0.05) is 41.9 Å². The summed E-state index contributed by atoms with van der Waals surface area (Å²) in [5.41, 5.74) is 6.42. The van der Waals surface area contributed by atoms with Gasteiger partial charge in [-0.3, -0.25) is 4.79 Å². The molecule has 1 aromatic rings. The van der Waals surface area contributed by atoms with Crippen LogP contribution in [0.5, 0.6) is 0 Å². The summed E-state index contributed by atoms with van der Waals surface area (Å²) in [6.07, 6.45) is 1.54. The lowest BCUT2D eigenvalue weighted by Gasteiger charge is -2.28. The molecule has 0 aliphatic heterocycles. The Morgan fingerprint density at radius 1 is 1.28 bits per heavy atom. The zero-order valence-corrected chi connectivity index (χ0v) is 12.6. The van der Waals surface area contributed by atoms with E-state index in [0.717, 1.165) is 22.9 Å². The second-order valence-electron chi connectivity index (χ2n) is 4.50. The van der Waals surface area contributed by atoms with Crippen molar-refractivity contribution < 1.29 is 4.79 Å². The SMILES string of the molecule is CCC(CC)(CN)C(=O)NCc1ccc(Br)cc1. The van der Waals surface area contributed by atoms with Gasteiger partial charge in [0.05, 0.1) is 5.41 Å². The van der Waals surface area contributed by atoms with Gasteiger partial charge >= 0.3 is 0 Å². The molecule has 4 heteroatoms. The quantitative estimate of drug-likeness (QED) is 0.848. The summed E-state index contributed by atoms with van der Waals surface area (Å²) in [6.45, 7) is 4.96. The molecule has 0 saturated carbocycles. The number of rotatable bonds is 6. The van der Waals surface area contributed by atoms with Crippen LogP contribution >= 0.6 is 15.9 Å². The number of nitrogens with one attached hydrogen (secondary N) is 1. The molecule has 1 aromatic carbocycles. The predicted molar refractivity (Wildman–Crippen MR) is 78.1 cm³/mol. The minimum atomic E-state index is -0.421. The number of amides is 1. The molecular weight excluding hydrogens is 292 g/mol. The van der Waals surface area contributed by atoms with Gasteiger partial charge in [-0.2, -0.15) is 0 Å². The number of hydrogen-bond acceptors (Lipinski definition) is 2. The molecule has 0 spiro atoms. The van der Waals surface area contributed by atoms with Crippen LogP contribution in [0, 0.1) is 5.41 Å². The molecule has 0 bridgehead atoms. The molecule has 3 nitrogen and oxygen atoms in total. The average Bonchev–Trinajstić information content (AvgIpc) is 2.41. The molecule has 100 valence electrons. The first-order valence-electron chi connectivity index (χ1n) is 6.30. The van der Waals surface area contributed by atoms with Crippen molar-refractivity contribution in [1.29, 1.82) is 0 Å². The molecular formula is C14H21BrN2O. The third-order valence-electron chi connectivity index (χ3n) is 3.59. The molecule has 0 fully saturated rings. The van der Waals surface area contributed by atoms with Gasteiger partial charge in [0.25, 0.3) is 0 Å². The molecule has 0 heterocycles. The summed E-state index contributed by atoms with van der Waals surface area (Å²) in [6, 6.07) is 7.92. The predicted octanol–water partition coefficient (Wildman–Crippen LogP) is 2.83. The fourth-order valence-corrected chi connectivity index (χ4v) is 2.19. The van der Waals surface area contributed by atoms with Crippen molar-refractivity contribution in [2.45, 2.75) is 33.2 Å². The van der Waals surface area contributed by atoms with E-state index in [-0.39, 0.29) is 5.91 Å². The molecule has 0 aliphatic carbocycles. The lowest BCUT2D eigenvalue weighted by Crippen LogP contribution is -2.45. The Kier molecular flexibility index (Phi) is 5.82. The van der Waals surface area contributed by atoms with Crippen molar-refractivity contribution in [3.8, 4) is 0 Å². The first-order chi connectivity index (χ1) is 8.57. The molecule has 18 heavy (non-hydrogen) atoms. The Labute approximate surface area is 117 Å². The van der Waals surface area contributed by atoms with Crippen molar-refractivity contribution in [2.24, 2.45) is 11.1 Å². The van der Waals surface area contributed by atoms with Crippen molar-refractivity contribution in [3.63, 3.8) is 0 Å². The largest absolute Gasteiger partial charge is 0.352 e. The minimum absolute atomic E-state index is 0.0536. The smallest absolute Gasteiger partial charge is 0.227 e. The van der Waals surface area contributed by atoms with Gasteiger partial charge in [0.2, 0.25) is 5.91 Å². The molecule has 1 rings (SSSR count). The zero-order chi connectivity index (χ0) is 13.6. The van der Waals surface area contributed by atoms with E-state index in [4.69, 9.17) is 5.73 Å². The summed E-state index contributed by atoms with van der Waals surface area (Å²) >= 11 is 3.39. The summed E-state index contributed by atoms with van der Waals surface area (Å²) in [5.74, 6) is 0.0536. The Morgan fingerprint density at radius 3 is 2.28 bits per heavy atom. The summed E-state index contributed by atoms with van der Waals surface area (Å²) in [5, 5.41) is 2.98. The van der Waals surface area contributed by atoms with Crippen LogP contribution in [0.1, 0.15) is 32.3 Å². The number of hydrogen-bond donors (Lipinski definition) is 2. The number of nitrogens with two attached hydrogens (primary N) is 1. The van der Waals surface area contributed by atoms with E-state index in [1.807, 2.05) is 38.1 Å². The van der Waals surface area contributed by atoms with E-state index >= 15 is 0 Å². The van der Waals surface area contributed by atoms with Crippen LogP contribution in [0.25, 0.3) is 0 Å². The monoisotopic (exact) mass is 312 g/mol. The Hall–Kier alpha value is -0.870. The Balaban J connectivity index is 2.62. The van der Waals surface area contributed by atoms with Crippen LogP contribution in [-0.2, 0) is 11.3 Å². The normalized spacial score (nSPS) is 11.3. The van der Waals surface area contributed by atoms with Crippen molar-refractivity contribution in [3.05, 3.63) is 34.3 Å². The van der Waals surface area contributed by atoms with Crippen molar-refractivity contribution >= 4 is 21.8 Å². The number of carbonyl (C=O) groups excluding carboxylic acids is 1. The molecule has 1 amide bonds. The summed E-state index contributed by atoms with van der Waals surface area (Å²) in [7, 11) is 0. The molecule has 0 unspecified atom stereocenters. The van der Waals surface area contributed by atoms with Crippen molar-refractivity contribution in [1.82, 2.24) is 5.32 Å². The van der Waals surface area contributed by atoms with E-state index in [9.17, 15) is 4.79 Å². The molecule has 0 saturated heterocycles. The fourth-order valence-electron chi connectivity index (χ4n) is 1.92. The van der Waals surface area contributed by atoms with Crippen LogP contribution in [0.3, 0.4) is 0 Å². The Bertz CT molecular complexity index is 377. The molecule has 3 N–H and O–H groups in total. The van der Waals surface area contributed by atoms with E-state index in [1.165, 1.54) is 0 Å². The van der Waals surface area contributed by atoms with E-state index in [0.29, 0.717) is 13.1 Å². The van der Waals surface area contributed by atoms with E-state index in [1.54, 1.807) is 0 Å². The molecule has 0 aliphatic rings. The maximum atomic E-state index is 12.2. The maximum absolute atomic E-state index is 12.2. The highest BCUT2D eigenvalue weighted by atomic mass is 79.9. The van der Waals surface area contributed by atoms with E-state index < -0.39 is 5.41 Å². The van der Waals surface area contributed by atoms with Crippen LogP contribution in [0.4, 0.5) is 0 Å². The van der Waals surface area contributed by atoms with Crippen LogP contribution in [0.2, 0.25) is 0 Å². The van der Waals surface area contributed by atoms with Crippen LogP contribution in [0.15, 0.2) is 28.7 Å². The van der Waals surface area contributed by atoms with Crippen LogP contribution in [-0.4, -0.2) is 12.5 Å². The number of carbonyl (C=O) groups is 1. The second kappa shape index (κ2) is 6.90. The van der Waals surface area contributed by atoms with Crippen LogP contribution < -0.4 is 11.1 Å². The second-order valence-corrected chi connectivity index (χ2v) is 5.42. The molecule has 0 aromatic heterocycles. The highest BCUT2D eigenvalue weighted by Gasteiger charge is 2.32. The van der Waals surface area contributed by atoms with Gasteiger partial charge in [-0.25, -0.2) is 0 Å². The summed E-state index contributed by atoms with van der Waals surface area (Å²) < 4.78 is 1.04. The highest BCUT2D eigenvalue weighted by Crippen LogP contribution is 2.25. The summed E-state index contributed by atoms with van der Waals surface area (Å²) in [4.78, 5) is 12.2. The van der Waals surface area contributed by atoms with Gasteiger partial charge in [-0.15, -0.1) is 0 Å². The number of benzene rings is 1. The minimum Gasteiger partial charge on any atom is -0.352 e. The third-order valence-corrected chi connectivity index (χ3v) is 4.12. The van der Waals surface area contributed by atoms with Gasteiger partial charge in [-0.05, 0) is 30.5 Å². The van der Waals surface area contributed by atoms with E-state index in [2.05, 4.69) is 21.2 Å². The lowest BCUT2D eigenvalue weighted by molar-refractivity contribution is -0.131. The highest BCUT2D eigenvalue weighted by molar-refractivity contribution is 9.10.